The minimum Gasteiger partial charge on any atom is -0.447 e. The van der Waals surface area contributed by atoms with Crippen LogP contribution in [0.5, 0.6) is 0 Å². The Hall–Kier alpha value is -2.54. The van der Waals surface area contributed by atoms with Crippen LogP contribution in [-0.4, -0.2) is 36.4 Å². The number of aromatic nitrogens is 1. The first-order chi connectivity index (χ1) is 12.1. The molecule has 0 aliphatic carbocycles. The number of ether oxygens (including phenoxy) is 1. The maximum atomic E-state index is 12.6. The lowest BCUT2D eigenvalue weighted by molar-refractivity contribution is 0.0936. The van der Waals surface area contributed by atoms with Crippen molar-refractivity contribution in [2.75, 3.05) is 24.3 Å². The van der Waals surface area contributed by atoms with E-state index >= 15 is 0 Å². The Kier molecular flexibility index (Phi) is 5.23. The molecule has 1 saturated heterocycles. The van der Waals surface area contributed by atoms with Gasteiger partial charge in [0, 0.05) is 11.9 Å². The van der Waals surface area contributed by atoms with Gasteiger partial charge in [0.2, 0.25) is 0 Å². The van der Waals surface area contributed by atoms with Crippen LogP contribution in [0, 0.1) is 0 Å². The fourth-order valence-corrected chi connectivity index (χ4v) is 3.22. The fraction of sp³-hybridized carbons (Fsp3) is 0.278. The van der Waals surface area contributed by atoms with Gasteiger partial charge in [0.15, 0.2) is 0 Å². The average molecular weight is 357 g/mol. The predicted octanol–water partition coefficient (Wildman–Crippen LogP) is 3.25. The van der Waals surface area contributed by atoms with Crippen molar-refractivity contribution < 1.29 is 14.3 Å². The lowest BCUT2D eigenvalue weighted by Crippen LogP contribution is -2.28. The largest absolute Gasteiger partial charge is 0.447 e. The van der Waals surface area contributed by atoms with E-state index in [-0.39, 0.29) is 18.0 Å². The molecule has 0 spiro atoms. The Morgan fingerprint density at radius 3 is 2.92 bits per heavy atom. The van der Waals surface area contributed by atoms with E-state index in [1.54, 1.807) is 23.2 Å². The molecule has 1 atom stereocenters. The van der Waals surface area contributed by atoms with Crippen molar-refractivity contribution in [2.45, 2.75) is 18.0 Å². The lowest BCUT2D eigenvalue weighted by Gasteiger charge is -2.18. The number of hydrogen-bond acceptors (Lipinski definition) is 5. The molecule has 25 heavy (non-hydrogen) atoms. The highest BCUT2D eigenvalue weighted by Gasteiger charge is 2.24. The second-order valence-corrected chi connectivity index (χ2v) is 6.41. The summed E-state index contributed by atoms with van der Waals surface area (Å²) in [7, 11) is 0. The van der Waals surface area contributed by atoms with Gasteiger partial charge in [0.05, 0.1) is 18.2 Å². The Balaban J connectivity index is 1.76. The van der Waals surface area contributed by atoms with Crippen molar-refractivity contribution >= 4 is 29.4 Å². The standard InChI is InChI=1S/C18H19N3O3S/c1-12(20-16(22)15-7-4-8-19-17(15)25-2)13-5-3-6-14(11-13)21-9-10-24-18(21)23/h3-8,11-12H,9-10H2,1-2H3,(H,20,22)/t12-/m0/s1. The summed E-state index contributed by atoms with van der Waals surface area (Å²) in [6.45, 7) is 2.85. The third kappa shape index (κ3) is 3.76. The number of pyridine rings is 1. The molecule has 2 aromatic rings. The minimum atomic E-state index is -0.339. The number of anilines is 1. The van der Waals surface area contributed by atoms with Gasteiger partial charge in [-0.1, -0.05) is 12.1 Å². The molecular weight excluding hydrogens is 338 g/mol. The maximum absolute atomic E-state index is 12.6. The Morgan fingerprint density at radius 2 is 2.20 bits per heavy atom. The Morgan fingerprint density at radius 1 is 1.36 bits per heavy atom. The van der Waals surface area contributed by atoms with Crippen molar-refractivity contribution in [2.24, 2.45) is 0 Å². The van der Waals surface area contributed by atoms with E-state index in [9.17, 15) is 9.59 Å². The van der Waals surface area contributed by atoms with Crippen LogP contribution in [0.25, 0.3) is 0 Å². The van der Waals surface area contributed by atoms with Crippen LogP contribution in [0.1, 0.15) is 28.9 Å². The average Bonchev–Trinajstić information content (AvgIpc) is 3.07. The molecule has 0 unspecified atom stereocenters. The van der Waals surface area contributed by atoms with E-state index in [0.29, 0.717) is 23.7 Å². The summed E-state index contributed by atoms with van der Waals surface area (Å²) in [5.74, 6) is -0.170. The molecule has 2 amide bonds. The second-order valence-electron chi connectivity index (χ2n) is 5.62. The van der Waals surface area contributed by atoms with Crippen molar-refractivity contribution in [1.82, 2.24) is 10.3 Å². The summed E-state index contributed by atoms with van der Waals surface area (Å²) in [6, 6.07) is 10.9. The van der Waals surface area contributed by atoms with Gasteiger partial charge in [-0.15, -0.1) is 11.8 Å². The summed E-state index contributed by atoms with van der Waals surface area (Å²) in [5.41, 5.74) is 2.24. The third-order valence-corrected chi connectivity index (χ3v) is 4.71. The first-order valence-electron chi connectivity index (χ1n) is 7.94. The molecule has 1 aliphatic heterocycles. The zero-order valence-electron chi connectivity index (χ0n) is 14.1. The van der Waals surface area contributed by atoms with E-state index in [2.05, 4.69) is 10.3 Å². The van der Waals surface area contributed by atoms with E-state index < -0.39 is 0 Å². The molecule has 1 N–H and O–H groups in total. The van der Waals surface area contributed by atoms with Gasteiger partial charge in [0.1, 0.15) is 11.6 Å². The van der Waals surface area contributed by atoms with Gasteiger partial charge in [-0.05, 0) is 43.0 Å². The second kappa shape index (κ2) is 7.57. The number of nitrogens with one attached hydrogen (secondary N) is 1. The quantitative estimate of drug-likeness (QED) is 0.832. The third-order valence-electron chi connectivity index (χ3n) is 4.00. The fourth-order valence-electron chi connectivity index (χ4n) is 2.67. The van der Waals surface area contributed by atoms with Gasteiger partial charge in [-0.2, -0.15) is 0 Å². The number of amides is 2. The Labute approximate surface area is 150 Å². The van der Waals surface area contributed by atoms with E-state index in [0.717, 1.165) is 11.3 Å². The van der Waals surface area contributed by atoms with Gasteiger partial charge < -0.3 is 10.1 Å². The van der Waals surface area contributed by atoms with Gasteiger partial charge in [-0.25, -0.2) is 9.78 Å². The van der Waals surface area contributed by atoms with Gasteiger partial charge in [-0.3, -0.25) is 9.69 Å². The summed E-state index contributed by atoms with van der Waals surface area (Å²) in [5, 5.41) is 3.68. The molecule has 0 bridgehead atoms. The number of carbonyl (C=O) groups is 2. The zero-order chi connectivity index (χ0) is 17.8. The van der Waals surface area contributed by atoms with Crippen molar-refractivity contribution in [1.29, 1.82) is 0 Å². The number of hydrogen-bond donors (Lipinski definition) is 1. The molecular formula is C18H19N3O3S. The number of rotatable bonds is 5. The first kappa shape index (κ1) is 17.3. The molecule has 0 radical (unpaired) electrons. The summed E-state index contributed by atoms with van der Waals surface area (Å²) in [6.07, 6.45) is 3.22. The molecule has 1 aromatic heterocycles. The summed E-state index contributed by atoms with van der Waals surface area (Å²) in [4.78, 5) is 30.1. The number of benzene rings is 1. The molecule has 3 rings (SSSR count). The van der Waals surface area contributed by atoms with Crippen LogP contribution in [0.2, 0.25) is 0 Å². The van der Waals surface area contributed by atoms with E-state index in [1.165, 1.54) is 11.8 Å². The molecule has 130 valence electrons. The van der Waals surface area contributed by atoms with Crippen LogP contribution in [0.3, 0.4) is 0 Å². The predicted molar refractivity (Wildman–Crippen MR) is 97.0 cm³/mol. The highest BCUT2D eigenvalue weighted by molar-refractivity contribution is 7.98. The SMILES string of the molecule is CSc1ncccc1C(=O)N[C@@H](C)c1cccc(N2CCOC2=O)c1. The topological polar surface area (TPSA) is 71.5 Å². The van der Waals surface area contributed by atoms with Crippen LogP contribution in [0.15, 0.2) is 47.6 Å². The highest BCUT2D eigenvalue weighted by atomic mass is 32.2. The Bertz CT molecular complexity index is 797. The summed E-state index contributed by atoms with van der Waals surface area (Å²) >= 11 is 1.44. The molecule has 2 heterocycles. The van der Waals surface area contributed by atoms with Crippen LogP contribution >= 0.6 is 11.8 Å². The molecule has 0 saturated carbocycles. The van der Waals surface area contributed by atoms with Crippen LogP contribution < -0.4 is 10.2 Å². The molecule has 1 aliphatic rings. The van der Waals surface area contributed by atoms with Crippen molar-refractivity contribution in [3.05, 3.63) is 53.7 Å². The smallest absolute Gasteiger partial charge is 0.414 e. The molecule has 1 aromatic carbocycles. The summed E-state index contributed by atoms with van der Waals surface area (Å²) < 4.78 is 4.98. The van der Waals surface area contributed by atoms with E-state index in [1.807, 2.05) is 37.4 Å². The first-order valence-corrected chi connectivity index (χ1v) is 9.16. The molecule has 1 fully saturated rings. The van der Waals surface area contributed by atoms with Gasteiger partial charge in [0.25, 0.3) is 5.91 Å². The number of cyclic esters (lactones) is 1. The molecule has 7 heteroatoms. The van der Waals surface area contributed by atoms with Gasteiger partial charge >= 0.3 is 6.09 Å². The maximum Gasteiger partial charge on any atom is 0.414 e. The zero-order valence-corrected chi connectivity index (χ0v) is 14.9. The van der Waals surface area contributed by atoms with Crippen molar-refractivity contribution in [3.8, 4) is 0 Å². The van der Waals surface area contributed by atoms with Crippen LogP contribution in [-0.2, 0) is 4.74 Å². The lowest BCUT2D eigenvalue weighted by atomic mass is 10.1. The van der Waals surface area contributed by atoms with Crippen LogP contribution in [0.4, 0.5) is 10.5 Å². The minimum absolute atomic E-state index is 0.170. The monoisotopic (exact) mass is 357 g/mol. The normalized spacial score (nSPS) is 15.0. The number of nitrogens with zero attached hydrogens (tertiary/aromatic N) is 2. The number of carbonyl (C=O) groups excluding carboxylic acids is 2. The number of thioether (sulfide) groups is 1. The van der Waals surface area contributed by atoms with E-state index in [4.69, 9.17) is 4.74 Å². The molecule has 6 nitrogen and oxygen atoms in total. The highest BCUT2D eigenvalue weighted by Crippen LogP contribution is 2.24. The van der Waals surface area contributed by atoms with Crippen molar-refractivity contribution in [3.63, 3.8) is 0 Å².